The lowest BCUT2D eigenvalue weighted by Gasteiger charge is -2.12. The Morgan fingerprint density at radius 1 is 0.840 bits per heavy atom. The van der Waals surface area contributed by atoms with Crippen molar-refractivity contribution in [2.24, 2.45) is 0 Å². The molecule has 0 atom stereocenters. The number of hydrogen-bond donors (Lipinski definition) is 0. The lowest BCUT2D eigenvalue weighted by Crippen LogP contribution is -2.01. The van der Waals surface area contributed by atoms with Crippen molar-refractivity contribution >= 4 is 11.0 Å². The lowest BCUT2D eigenvalue weighted by atomic mass is 10.0. The quantitative estimate of drug-likeness (QED) is 0.462. The zero-order chi connectivity index (χ0) is 17.2. The molecule has 0 bridgehead atoms. The van der Waals surface area contributed by atoms with E-state index >= 15 is 0 Å². The Morgan fingerprint density at radius 3 is 2.44 bits per heavy atom. The van der Waals surface area contributed by atoms with Crippen LogP contribution < -0.4 is 10.4 Å². The van der Waals surface area contributed by atoms with E-state index in [1.807, 2.05) is 60.7 Å². The second kappa shape index (κ2) is 6.29. The third kappa shape index (κ3) is 3.04. The summed E-state index contributed by atoms with van der Waals surface area (Å²) in [4.78, 5) is 11.6. The normalized spacial score (nSPS) is 10.8. The summed E-state index contributed by atoms with van der Waals surface area (Å²) >= 11 is 0. The molecule has 0 saturated heterocycles. The van der Waals surface area contributed by atoms with Crippen molar-refractivity contribution in [3.8, 4) is 22.6 Å². The smallest absolute Gasteiger partial charge is 0.339 e. The van der Waals surface area contributed by atoms with Crippen LogP contribution in [0.25, 0.3) is 22.1 Å². The van der Waals surface area contributed by atoms with Crippen molar-refractivity contribution in [3.05, 3.63) is 94.8 Å². The van der Waals surface area contributed by atoms with Crippen molar-refractivity contribution in [1.29, 1.82) is 0 Å². The molecule has 1 heterocycles. The lowest BCUT2D eigenvalue weighted by molar-refractivity contribution is 0.484. The van der Waals surface area contributed by atoms with Crippen molar-refractivity contribution in [3.63, 3.8) is 0 Å². The molecule has 3 nitrogen and oxygen atoms in total. The molecule has 0 unspecified atom stereocenters. The van der Waals surface area contributed by atoms with Crippen LogP contribution in [-0.2, 0) is 0 Å². The number of fused-ring (bicyclic) bond motifs is 1. The van der Waals surface area contributed by atoms with Gasteiger partial charge in [0.1, 0.15) is 17.1 Å². The van der Waals surface area contributed by atoms with Crippen LogP contribution in [0.3, 0.4) is 0 Å². The Labute approximate surface area is 145 Å². The summed E-state index contributed by atoms with van der Waals surface area (Å²) in [5.74, 6) is 1.48. The van der Waals surface area contributed by atoms with E-state index in [1.54, 1.807) is 13.0 Å². The topological polar surface area (TPSA) is 39.4 Å². The van der Waals surface area contributed by atoms with Gasteiger partial charge in [-0.1, -0.05) is 48.5 Å². The van der Waals surface area contributed by atoms with Gasteiger partial charge in [0, 0.05) is 16.5 Å². The zero-order valence-electron chi connectivity index (χ0n) is 13.7. The Bertz CT molecular complexity index is 1090. The van der Waals surface area contributed by atoms with Crippen LogP contribution in [0, 0.1) is 6.92 Å². The Morgan fingerprint density at radius 2 is 1.60 bits per heavy atom. The second-order valence-corrected chi connectivity index (χ2v) is 5.88. The van der Waals surface area contributed by atoms with Crippen molar-refractivity contribution in [1.82, 2.24) is 0 Å². The Balaban J connectivity index is 1.75. The van der Waals surface area contributed by atoms with Crippen molar-refractivity contribution in [2.75, 3.05) is 0 Å². The predicted molar refractivity (Wildman–Crippen MR) is 99.2 cm³/mol. The SMILES string of the molecule is Cc1cc2cc(Oc3ccccc3-c3ccccc3)ccc2oc1=O. The molecular weight excluding hydrogens is 312 g/mol. The fraction of sp³-hybridized carbons (Fsp3) is 0.0455. The Kier molecular flexibility index (Phi) is 3.82. The van der Waals surface area contributed by atoms with Crippen LogP contribution in [0.4, 0.5) is 0 Å². The highest BCUT2D eigenvalue weighted by Gasteiger charge is 2.08. The van der Waals surface area contributed by atoms with Crippen LogP contribution in [0.2, 0.25) is 0 Å². The molecule has 4 rings (SSSR count). The first-order chi connectivity index (χ1) is 12.2. The fourth-order valence-corrected chi connectivity index (χ4v) is 2.81. The third-order valence-corrected chi connectivity index (χ3v) is 4.08. The standard InChI is InChI=1S/C22H16O3/c1-15-13-17-14-18(11-12-20(17)25-22(15)23)24-21-10-6-5-9-19(21)16-7-3-2-4-8-16/h2-14H,1H3. The van der Waals surface area contributed by atoms with Gasteiger partial charge in [0.25, 0.3) is 0 Å². The molecule has 25 heavy (non-hydrogen) atoms. The average molecular weight is 328 g/mol. The summed E-state index contributed by atoms with van der Waals surface area (Å²) in [6.45, 7) is 1.74. The number of benzene rings is 3. The largest absolute Gasteiger partial charge is 0.457 e. The first kappa shape index (κ1) is 15.2. The molecule has 0 aliphatic carbocycles. The van der Waals surface area contributed by atoms with E-state index in [2.05, 4.69) is 12.1 Å². The molecule has 0 amide bonds. The highest BCUT2D eigenvalue weighted by Crippen LogP contribution is 2.34. The van der Waals surface area contributed by atoms with Gasteiger partial charge in [-0.25, -0.2) is 4.79 Å². The van der Waals surface area contributed by atoms with Gasteiger partial charge in [-0.15, -0.1) is 0 Å². The highest BCUT2D eigenvalue weighted by molar-refractivity contribution is 5.79. The molecule has 0 fully saturated rings. The highest BCUT2D eigenvalue weighted by atomic mass is 16.5. The minimum absolute atomic E-state index is 0.310. The summed E-state index contributed by atoms with van der Waals surface area (Å²) in [7, 11) is 0. The number of hydrogen-bond acceptors (Lipinski definition) is 3. The van der Waals surface area contributed by atoms with E-state index in [1.165, 1.54) is 0 Å². The van der Waals surface area contributed by atoms with Crippen LogP contribution in [0.15, 0.2) is 88.1 Å². The molecule has 0 aliphatic heterocycles. The van der Waals surface area contributed by atoms with Crippen LogP contribution in [0.5, 0.6) is 11.5 Å². The van der Waals surface area contributed by atoms with Crippen molar-refractivity contribution < 1.29 is 9.15 Å². The second-order valence-electron chi connectivity index (χ2n) is 5.88. The first-order valence-electron chi connectivity index (χ1n) is 8.07. The van der Waals surface area contributed by atoms with E-state index in [0.29, 0.717) is 16.9 Å². The minimum Gasteiger partial charge on any atom is -0.457 e. The molecular formula is C22H16O3. The van der Waals surface area contributed by atoms with Gasteiger partial charge in [-0.05, 0) is 42.8 Å². The van der Waals surface area contributed by atoms with Gasteiger partial charge < -0.3 is 9.15 Å². The maximum absolute atomic E-state index is 11.6. The molecule has 0 spiro atoms. The molecule has 0 aliphatic rings. The monoisotopic (exact) mass is 328 g/mol. The van der Waals surface area contributed by atoms with Gasteiger partial charge in [0.15, 0.2) is 0 Å². The summed E-state index contributed by atoms with van der Waals surface area (Å²) < 4.78 is 11.4. The van der Waals surface area contributed by atoms with Gasteiger partial charge in [0.05, 0.1) is 0 Å². The molecule has 0 N–H and O–H groups in total. The predicted octanol–water partition coefficient (Wildman–Crippen LogP) is 5.56. The molecule has 122 valence electrons. The number of ether oxygens (including phenoxy) is 1. The third-order valence-electron chi connectivity index (χ3n) is 4.08. The van der Waals surface area contributed by atoms with Crippen LogP contribution in [-0.4, -0.2) is 0 Å². The van der Waals surface area contributed by atoms with Gasteiger partial charge in [0.2, 0.25) is 0 Å². The molecule has 0 saturated carbocycles. The van der Waals surface area contributed by atoms with E-state index in [0.717, 1.165) is 22.3 Å². The molecule has 4 aromatic rings. The zero-order valence-corrected chi connectivity index (χ0v) is 13.7. The van der Waals surface area contributed by atoms with Gasteiger partial charge in [-0.3, -0.25) is 0 Å². The van der Waals surface area contributed by atoms with E-state index in [9.17, 15) is 4.79 Å². The van der Waals surface area contributed by atoms with Gasteiger partial charge >= 0.3 is 5.63 Å². The van der Waals surface area contributed by atoms with E-state index in [-0.39, 0.29) is 5.63 Å². The summed E-state index contributed by atoms with van der Waals surface area (Å²) in [5.41, 5.74) is 2.95. The van der Waals surface area contributed by atoms with E-state index < -0.39 is 0 Å². The molecule has 3 aromatic carbocycles. The maximum atomic E-state index is 11.6. The number of rotatable bonds is 3. The number of para-hydroxylation sites is 1. The van der Waals surface area contributed by atoms with Gasteiger partial charge in [-0.2, -0.15) is 0 Å². The molecule has 1 aromatic heterocycles. The fourth-order valence-electron chi connectivity index (χ4n) is 2.81. The maximum Gasteiger partial charge on any atom is 0.339 e. The summed E-state index contributed by atoms with van der Waals surface area (Å²) in [6.07, 6.45) is 0. The number of aryl methyl sites for hydroxylation is 1. The van der Waals surface area contributed by atoms with Crippen LogP contribution >= 0.6 is 0 Å². The van der Waals surface area contributed by atoms with Crippen LogP contribution in [0.1, 0.15) is 5.56 Å². The summed E-state index contributed by atoms with van der Waals surface area (Å²) in [5, 5.41) is 0.840. The first-order valence-corrected chi connectivity index (χ1v) is 8.07. The van der Waals surface area contributed by atoms with E-state index in [4.69, 9.17) is 9.15 Å². The minimum atomic E-state index is -0.310. The summed E-state index contributed by atoms with van der Waals surface area (Å²) in [6, 6.07) is 25.3. The molecule has 0 radical (unpaired) electrons. The average Bonchev–Trinajstić information content (AvgIpc) is 2.64. The van der Waals surface area contributed by atoms with Crippen molar-refractivity contribution in [2.45, 2.75) is 6.92 Å². The Hall–Kier alpha value is -3.33. The molecule has 3 heteroatoms.